The van der Waals surface area contributed by atoms with Crippen LogP contribution in [0.15, 0.2) is 24.3 Å². The molecule has 0 unspecified atom stereocenters. The monoisotopic (exact) mass is 385 g/mol. The predicted octanol–water partition coefficient (Wildman–Crippen LogP) is 3.12. The molecule has 1 heterocycles. The van der Waals surface area contributed by atoms with Crippen LogP contribution in [-0.2, 0) is 16.6 Å². The molecule has 0 saturated carbocycles. The van der Waals surface area contributed by atoms with E-state index in [0.29, 0.717) is 11.4 Å². The summed E-state index contributed by atoms with van der Waals surface area (Å²) < 4.78 is 46.8. The van der Waals surface area contributed by atoms with Crippen LogP contribution in [0.2, 0.25) is 0 Å². The first-order chi connectivity index (χ1) is 12.5. The van der Waals surface area contributed by atoms with E-state index in [0.717, 1.165) is 30.0 Å². The number of halogens is 3. The van der Waals surface area contributed by atoms with E-state index in [1.807, 2.05) is 0 Å². The molecule has 1 atom stereocenters. The third-order valence-electron chi connectivity index (χ3n) is 3.73. The molecule has 2 rings (SSSR count). The number of carbonyl (C=O) groups is 2. The first kappa shape index (κ1) is 20.3. The van der Waals surface area contributed by atoms with Gasteiger partial charge in [0.05, 0.1) is 22.6 Å². The standard InChI is InChI=1S/C17H18F3N3O4/c1-9-14(10(2)23(4)22-9)21-15(24)11(3)26-16(25)12-5-7-13(8-6-12)27-17(18,19)20/h5-8,11H,1-4H3,(H,21,24)/t11-/m1/s1. The Morgan fingerprint density at radius 3 is 2.26 bits per heavy atom. The number of aryl methyl sites for hydroxylation is 2. The molecule has 146 valence electrons. The van der Waals surface area contributed by atoms with Crippen molar-refractivity contribution < 1.29 is 32.2 Å². The minimum Gasteiger partial charge on any atom is -0.449 e. The van der Waals surface area contributed by atoms with Crippen molar-refractivity contribution in [2.45, 2.75) is 33.2 Å². The maximum atomic E-state index is 12.2. The molecular formula is C17H18F3N3O4. The van der Waals surface area contributed by atoms with Gasteiger partial charge >= 0.3 is 12.3 Å². The summed E-state index contributed by atoms with van der Waals surface area (Å²) in [5, 5.41) is 6.81. The Labute approximate surface area is 153 Å². The number of carbonyl (C=O) groups excluding carboxylic acids is 2. The molecule has 0 saturated heterocycles. The van der Waals surface area contributed by atoms with Gasteiger partial charge in [0, 0.05) is 7.05 Å². The van der Waals surface area contributed by atoms with E-state index >= 15 is 0 Å². The second-order valence-electron chi connectivity index (χ2n) is 5.78. The van der Waals surface area contributed by atoms with Crippen LogP contribution in [0.1, 0.15) is 28.7 Å². The molecule has 0 aliphatic carbocycles. The van der Waals surface area contributed by atoms with Crippen LogP contribution in [0.3, 0.4) is 0 Å². The highest BCUT2D eigenvalue weighted by molar-refractivity contribution is 5.98. The number of benzene rings is 1. The zero-order valence-corrected chi connectivity index (χ0v) is 15.0. The van der Waals surface area contributed by atoms with Gasteiger partial charge in [-0.05, 0) is 45.0 Å². The summed E-state index contributed by atoms with van der Waals surface area (Å²) in [7, 11) is 1.73. The number of hydrogen-bond donors (Lipinski definition) is 1. The maximum absolute atomic E-state index is 12.2. The van der Waals surface area contributed by atoms with Crippen molar-refractivity contribution in [2.75, 3.05) is 5.32 Å². The molecule has 2 aromatic rings. The highest BCUT2D eigenvalue weighted by atomic mass is 19.4. The van der Waals surface area contributed by atoms with Gasteiger partial charge in [-0.1, -0.05) is 0 Å². The van der Waals surface area contributed by atoms with Crippen LogP contribution < -0.4 is 10.1 Å². The summed E-state index contributed by atoms with van der Waals surface area (Å²) >= 11 is 0. The SMILES string of the molecule is Cc1nn(C)c(C)c1NC(=O)[C@@H](C)OC(=O)c1ccc(OC(F)(F)F)cc1. The highest BCUT2D eigenvalue weighted by Gasteiger charge is 2.31. The molecule has 1 aromatic carbocycles. The molecule has 1 N–H and O–H groups in total. The maximum Gasteiger partial charge on any atom is 0.573 e. The zero-order valence-electron chi connectivity index (χ0n) is 15.0. The number of nitrogens with one attached hydrogen (secondary N) is 1. The van der Waals surface area contributed by atoms with E-state index in [-0.39, 0.29) is 5.56 Å². The Morgan fingerprint density at radius 2 is 1.78 bits per heavy atom. The van der Waals surface area contributed by atoms with E-state index in [9.17, 15) is 22.8 Å². The fourth-order valence-corrected chi connectivity index (χ4v) is 2.25. The zero-order chi connectivity index (χ0) is 20.4. The molecule has 0 aliphatic heterocycles. The van der Waals surface area contributed by atoms with Gasteiger partial charge in [0.25, 0.3) is 5.91 Å². The van der Waals surface area contributed by atoms with Gasteiger partial charge in [-0.3, -0.25) is 9.48 Å². The van der Waals surface area contributed by atoms with E-state index < -0.39 is 30.1 Å². The molecule has 7 nitrogen and oxygen atoms in total. The predicted molar refractivity (Wildman–Crippen MR) is 89.3 cm³/mol. The number of nitrogens with zero attached hydrogens (tertiary/aromatic N) is 2. The molecule has 10 heteroatoms. The molecule has 0 radical (unpaired) electrons. The summed E-state index contributed by atoms with van der Waals surface area (Å²) in [6, 6.07) is 4.20. The van der Waals surface area contributed by atoms with E-state index in [2.05, 4.69) is 15.2 Å². The second kappa shape index (κ2) is 7.68. The van der Waals surface area contributed by atoms with Crippen LogP contribution in [0, 0.1) is 13.8 Å². The Balaban J connectivity index is 1.99. The lowest BCUT2D eigenvalue weighted by Crippen LogP contribution is -2.30. The summed E-state index contributed by atoms with van der Waals surface area (Å²) in [6.07, 6.45) is -5.94. The third-order valence-corrected chi connectivity index (χ3v) is 3.73. The minimum absolute atomic E-state index is 0.0158. The average molecular weight is 385 g/mol. The molecule has 1 amide bonds. The summed E-state index contributed by atoms with van der Waals surface area (Å²) in [5.74, 6) is -1.87. The Kier molecular flexibility index (Phi) is 5.77. The number of ether oxygens (including phenoxy) is 2. The molecular weight excluding hydrogens is 367 g/mol. The van der Waals surface area contributed by atoms with Crippen molar-refractivity contribution in [3.63, 3.8) is 0 Å². The van der Waals surface area contributed by atoms with Gasteiger partial charge < -0.3 is 14.8 Å². The van der Waals surface area contributed by atoms with Crippen molar-refractivity contribution >= 4 is 17.6 Å². The normalized spacial score (nSPS) is 12.4. The van der Waals surface area contributed by atoms with Crippen molar-refractivity contribution in [3.05, 3.63) is 41.2 Å². The average Bonchev–Trinajstić information content (AvgIpc) is 2.80. The fraction of sp³-hybridized carbons (Fsp3) is 0.353. The quantitative estimate of drug-likeness (QED) is 0.800. The van der Waals surface area contributed by atoms with Gasteiger partial charge in [0.2, 0.25) is 0 Å². The van der Waals surface area contributed by atoms with Crippen LogP contribution in [0.5, 0.6) is 5.75 Å². The van der Waals surface area contributed by atoms with Crippen molar-refractivity contribution in [1.29, 1.82) is 0 Å². The van der Waals surface area contributed by atoms with E-state index in [1.165, 1.54) is 6.92 Å². The van der Waals surface area contributed by atoms with Crippen LogP contribution in [0.25, 0.3) is 0 Å². The van der Waals surface area contributed by atoms with Crippen LogP contribution in [0.4, 0.5) is 18.9 Å². The second-order valence-corrected chi connectivity index (χ2v) is 5.78. The van der Waals surface area contributed by atoms with Crippen molar-refractivity contribution in [2.24, 2.45) is 7.05 Å². The van der Waals surface area contributed by atoms with Gasteiger partial charge in [-0.2, -0.15) is 5.10 Å². The lowest BCUT2D eigenvalue weighted by molar-refractivity contribution is -0.274. The first-order valence-corrected chi connectivity index (χ1v) is 7.86. The Hall–Kier alpha value is -3.04. The summed E-state index contributed by atoms with van der Waals surface area (Å²) in [6.45, 7) is 4.89. The van der Waals surface area contributed by atoms with Gasteiger partial charge in [-0.15, -0.1) is 13.2 Å². The number of rotatable bonds is 5. The number of aromatic nitrogens is 2. The number of hydrogen-bond acceptors (Lipinski definition) is 5. The topological polar surface area (TPSA) is 82.5 Å². The number of anilines is 1. The number of alkyl halides is 3. The highest BCUT2D eigenvalue weighted by Crippen LogP contribution is 2.23. The number of esters is 1. The number of amides is 1. The molecule has 0 bridgehead atoms. The van der Waals surface area contributed by atoms with Crippen LogP contribution in [-0.4, -0.2) is 34.1 Å². The summed E-state index contributed by atoms with van der Waals surface area (Å²) in [5.41, 5.74) is 1.86. The molecule has 0 aliphatic rings. The van der Waals surface area contributed by atoms with E-state index in [1.54, 1.807) is 25.6 Å². The van der Waals surface area contributed by atoms with E-state index in [4.69, 9.17) is 4.74 Å². The van der Waals surface area contributed by atoms with Gasteiger partial charge in [-0.25, -0.2) is 4.79 Å². The molecule has 1 aromatic heterocycles. The molecule has 0 fully saturated rings. The fourth-order valence-electron chi connectivity index (χ4n) is 2.25. The van der Waals surface area contributed by atoms with Gasteiger partial charge in [0.1, 0.15) is 5.75 Å². The smallest absolute Gasteiger partial charge is 0.449 e. The Bertz CT molecular complexity index is 844. The van der Waals surface area contributed by atoms with Crippen LogP contribution >= 0.6 is 0 Å². The first-order valence-electron chi connectivity index (χ1n) is 7.86. The third kappa shape index (κ3) is 5.22. The lowest BCUT2D eigenvalue weighted by Gasteiger charge is -2.14. The van der Waals surface area contributed by atoms with Crippen molar-refractivity contribution in [3.8, 4) is 5.75 Å². The van der Waals surface area contributed by atoms with Crippen molar-refractivity contribution in [1.82, 2.24) is 9.78 Å². The largest absolute Gasteiger partial charge is 0.573 e. The molecule has 27 heavy (non-hydrogen) atoms. The minimum atomic E-state index is -4.82. The Morgan fingerprint density at radius 1 is 1.19 bits per heavy atom. The molecule has 0 spiro atoms. The van der Waals surface area contributed by atoms with Gasteiger partial charge in [0.15, 0.2) is 6.10 Å². The lowest BCUT2D eigenvalue weighted by atomic mass is 10.2. The summed E-state index contributed by atoms with van der Waals surface area (Å²) in [4.78, 5) is 24.3.